The van der Waals surface area contributed by atoms with E-state index in [2.05, 4.69) is 36.5 Å². The van der Waals surface area contributed by atoms with Gasteiger partial charge in [-0.1, -0.05) is 17.7 Å². The molecule has 0 bridgehead atoms. The van der Waals surface area contributed by atoms with Crippen LogP contribution < -0.4 is 11.1 Å². The molecule has 1 aliphatic rings. The van der Waals surface area contributed by atoms with Crippen LogP contribution in [-0.2, 0) is 4.79 Å². The van der Waals surface area contributed by atoms with Crippen LogP contribution in [0.5, 0.6) is 0 Å². The summed E-state index contributed by atoms with van der Waals surface area (Å²) in [6, 6.07) is 8.69. The highest BCUT2D eigenvalue weighted by Crippen LogP contribution is 2.24. The minimum absolute atomic E-state index is 0. The maximum atomic E-state index is 11.9. The van der Waals surface area contributed by atoms with Crippen LogP contribution in [0.4, 0.5) is 0 Å². The molecule has 112 valence electrons. The van der Waals surface area contributed by atoms with Crippen molar-refractivity contribution in [3.8, 4) is 0 Å². The molecule has 2 rings (SSSR count). The number of amides is 1. The fourth-order valence-electron chi connectivity index (χ4n) is 2.38. The summed E-state index contributed by atoms with van der Waals surface area (Å²) in [7, 11) is 0. The van der Waals surface area contributed by atoms with Gasteiger partial charge in [0.2, 0.25) is 5.91 Å². The number of nitrogens with two attached hydrogens (primary N) is 1. The second-order valence-corrected chi connectivity index (χ2v) is 6.39. The molecule has 2 atom stereocenters. The lowest BCUT2D eigenvalue weighted by molar-refractivity contribution is -0.124. The van der Waals surface area contributed by atoms with Crippen LogP contribution in [0.3, 0.4) is 0 Å². The van der Waals surface area contributed by atoms with Gasteiger partial charge in [0.05, 0.1) is 0 Å². The normalized spacial score (nSPS) is 21.3. The van der Waals surface area contributed by atoms with Crippen molar-refractivity contribution in [1.29, 1.82) is 0 Å². The molecule has 0 aliphatic heterocycles. The van der Waals surface area contributed by atoms with Crippen molar-refractivity contribution in [2.75, 3.05) is 12.3 Å². The molecule has 0 heterocycles. The third-order valence-corrected chi connectivity index (χ3v) is 4.55. The monoisotopic (exact) mass is 314 g/mol. The highest BCUT2D eigenvalue weighted by Gasteiger charge is 2.27. The highest BCUT2D eigenvalue weighted by molar-refractivity contribution is 7.99. The highest BCUT2D eigenvalue weighted by atomic mass is 35.5. The van der Waals surface area contributed by atoms with Crippen LogP contribution in [0.25, 0.3) is 0 Å². The van der Waals surface area contributed by atoms with E-state index >= 15 is 0 Å². The average Bonchev–Trinajstić information content (AvgIpc) is 2.83. The predicted octanol–water partition coefficient (Wildman–Crippen LogP) is 2.75. The number of benzene rings is 1. The number of carbonyl (C=O) groups excluding carboxylic acids is 1. The van der Waals surface area contributed by atoms with Crippen molar-refractivity contribution in [2.24, 2.45) is 11.7 Å². The first kappa shape index (κ1) is 17.3. The molecule has 1 aromatic rings. The van der Waals surface area contributed by atoms with Gasteiger partial charge in [0.25, 0.3) is 0 Å². The zero-order chi connectivity index (χ0) is 13.7. The van der Waals surface area contributed by atoms with Crippen LogP contribution in [0.2, 0.25) is 0 Å². The Morgan fingerprint density at radius 3 is 2.65 bits per heavy atom. The second kappa shape index (κ2) is 8.55. The molecule has 3 N–H and O–H groups in total. The molecule has 20 heavy (non-hydrogen) atoms. The van der Waals surface area contributed by atoms with Gasteiger partial charge in [-0.2, -0.15) is 0 Å². The number of halogens is 1. The van der Waals surface area contributed by atoms with Crippen molar-refractivity contribution < 1.29 is 4.79 Å². The summed E-state index contributed by atoms with van der Waals surface area (Å²) in [5, 5.41) is 3.01. The minimum Gasteiger partial charge on any atom is -0.355 e. The van der Waals surface area contributed by atoms with Gasteiger partial charge in [-0.05, 0) is 38.3 Å². The first-order valence-electron chi connectivity index (χ1n) is 6.88. The molecule has 1 aliphatic carbocycles. The Bertz CT molecular complexity index is 424. The summed E-state index contributed by atoms with van der Waals surface area (Å²) in [4.78, 5) is 13.1. The lowest BCUT2D eigenvalue weighted by Crippen LogP contribution is -2.31. The molecule has 1 amide bonds. The van der Waals surface area contributed by atoms with Gasteiger partial charge >= 0.3 is 0 Å². The maximum absolute atomic E-state index is 11.9. The van der Waals surface area contributed by atoms with E-state index in [1.54, 1.807) is 11.8 Å². The van der Waals surface area contributed by atoms with E-state index < -0.39 is 0 Å². The number of hydrogen-bond donors (Lipinski definition) is 2. The standard InChI is InChI=1S/C15H22N2OS.ClH/c1-11-2-6-14(7-3-11)19-9-8-17-15(18)12-4-5-13(16)10-12;/h2-3,6-7,12-13H,4-5,8-10,16H2,1H3,(H,17,18);1H. The third-order valence-electron chi connectivity index (χ3n) is 3.53. The molecule has 0 spiro atoms. The zero-order valence-corrected chi connectivity index (χ0v) is 13.4. The molecular formula is C15H23ClN2OS. The largest absolute Gasteiger partial charge is 0.355 e. The van der Waals surface area contributed by atoms with Gasteiger partial charge in [-0.15, -0.1) is 24.2 Å². The summed E-state index contributed by atoms with van der Waals surface area (Å²) in [6.45, 7) is 2.81. The molecule has 1 aromatic carbocycles. The molecule has 3 nitrogen and oxygen atoms in total. The van der Waals surface area contributed by atoms with E-state index in [0.717, 1.165) is 31.6 Å². The molecule has 0 saturated heterocycles. The van der Waals surface area contributed by atoms with Gasteiger partial charge in [0.1, 0.15) is 0 Å². The number of carbonyl (C=O) groups is 1. The Hall–Kier alpha value is -0.710. The van der Waals surface area contributed by atoms with Gasteiger partial charge in [-0.3, -0.25) is 4.79 Å². The van der Waals surface area contributed by atoms with Gasteiger partial charge < -0.3 is 11.1 Å². The van der Waals surface area contributed by atoms with E-state index in [0.29, 0.717) is 0 Å². The lowest BCUT2D eigenvalue weighted by atomic mass is 10.1. The molecular weight excluding hydrogens is 292 g/mol. The molecule has 0 aromatic heterocycles. The fraction of sp³-hybridized carbons (Fsp3) is 0.533. The smallest absolute Gasteiger partial charge is 0.223 e. The average molecular weight is 315 g/mol. The summed E-state index contributed by atoms with van der Waals surface area (Å²) in [5.41, 5.74) is 7.10. The zero-order valence-electron chi connectivity index (χ0n) is 11.8. The first-order valence-corrected chi connectivity index (χ1v) is 7.86. The number of nitrogens with one attached hydrogen (secondary N) is 1. The Morgan fingerprint density at radius 1 is 1.35 bits per heavy atom. The predicted molar refractivity (Wildman–Crippen MR) is 87.5 cm³/mol. The molecule has 0 radical (unpaired) electrons. The van der Waals surface area contributed by atoms with E-state index in [4.69, 9.17) is 5.73 Å². The molecule has 2 unspecified atom stereocenters. The van der Waals surface area contributed by atoms with Crippen LogP contribution in [-0.4, -0.2) is 24.2 Å². The lowest BCUT2D eigenvalue weighted by Gasteiger charge is -2.10. The first-order chi connectivity index (χ1) is 9.15. The molecule has 5 heteroatoms. The number of hydrogen-bond acceptors (Lipinski definition) is 3. The van der Waals surface area contributed by atoms with Crippen molar-refractivity contribution in [3.63, 3.8) is 0 Å². The maximum Gasteiger partial charge on any atom is 0.223 e. The molecule has 1 fully saturated rings. The van der Waals surface area contributed by atoms with Gasteiger partial charge in [0, 0.05) is 29.2 Å². The van der Waals surface area contributed by atoms with E-state index in [1.807, 2.05) is 0 Å². The van der Waals surface area contributed by atoms with E-state index in [9.17, 15) is 4.79 Å². The summed E-state index contributed by atoms with van der Waals surface area (Å²) in [5.74, 6) is 1.23. The molecule has 1 saturated carbocycles. The Morgan fingerprint density at radius 2 is 2.05 bits per heavy atom. The number of aryl methyl sites for hydroxylation is 1. The second-order valence-electron chi connectivity index (χ2n) is 5.22. The quantitative estimate of drug-likeness (QED) is 0.649. The fourth-order valence-corrected chi connectivity index (χ4v) is 3.14. The van der Waals surface area contributed by atoms with Crippen molar-refractivity contribution in [2.45, 2.75) is 37.1 Å². The van der Waals surface area contributed by atoms with E-state index in [-0.39, 0.29) is 30.3 Å². The summed E-state index contributed by atoms with van der Waals surface area (Å²) < 4.78 is 0. The number of rotatable bonds is 5. The minimum atomic E-state index is 0. The van der Waals surface area contributed by atoms with Crippen LogP contribution in [0.15, 0.2) is 29.2 Å². The SMILES string of the molecule is Cc1ccc(SCCNC(=O)C2CCC(N)C2)cc1.Cl. The van der Waals surface area contributed by atoms with Gasteiger partial charge in [0.15, 0.2) is 0 Å². The Labute approximate surface area is 131 Å². The van der Waals surface area contributed by atoms with Crippen molar-refractivity contribution in [3.05, 3.63) is 29.8 Å². The third kappa shape index (κ3) is 5.35. The van der Waals surface area contributed by atoms with Crippen LogP contribution >= 0.6 is 24.2 Å². The van der Waals surface area contributed by atoms with E-state index in [1.165, 1.54) is 10.5 Å². The van der Waals surface area contributed by atoms with Gasteiger partial charge in [-0.25, -0.2) is 0 Å². The summed E-state index contributed by atoms with van der Waals surface area (Å²) >= 11 is 1.77. The van der Waals surface area contributed by atoms with Crippen molar-refractivity contribution >= 4 is 30.1 Å². The number of thioether (sulfide) groups is 1. The Balaban J connectivity index is 0.00000200. The summed E-state index contributed by atoms with van der Waals surface area (Å²) in [6.07, 6.45) is 2.77. The van der Waals surface area contributed by atoms with Crippen LogP contribution in [0.1, 0.15) is 24.8 Å². The Kier molecular flexibility index (Phi) is 7.41. The van der Waals surface area contributed by atoms with Crippen LogP contribution in [0, 0.1) is 12.8 Å². The van der Waals surface area contributed by atoms with Crippen molar-refractivity contribution in [1.82, 2.24) is 5.32 Å². The topological polar surface area (TPSA) is 55.1 Å².